The molecule has 2 atom stereocenters. The largest absolute Gasteiger partial charge is 0.416 e. The van der Waals surface area contributed by atoms with E-state index in [0.717, 1.165) is 31.4 Å². The van der Waals surface area contributed by atoms with Gasteiger partial charge >= 0.3 is 6.18 Å². The number of halogens is 3. The Hall–Kier alpha value is -2.32. The van der Waals surface area contributed by atoms with Crippen molar-refractivity contribution < 1.29 is 22.9 Å². The maximum atomic E-state index is 12.7. The van der Waals surface area contributed by atoms with Gasteiger partial charge in [0, 0.05) is 18.7 Å². The van der Waals surface area contributed by atoms with Crippen molar-refractivity contribution in [1.29, 1.82) is 0 Å². The number of nitro benzene ring substituents is 1. The molecule has 25 heavy (non-hydrogen) atoms. The molecule has 1 amide bonds. The number of carbonyl (C=O) groups is 1. The van der Waals surface area contributed by atoms with Crippen LogP contribution in [0.5, 0.6) is 0 Å². The smallest absolute Gasteiger partial charge is 0.368 e. The Morgan fingerprint density at radius 1 is 1.40 bits per heavy atom. The molecule has 1 N–H and O–H groups in total. The molecule has 2 unspecified atom stereocenters. The number of nitrogens with zero attached hydrogens (tertiary/aromatic N) is 2. The number of likely N-dealkylation sites (tertiary alicyclic amines) is 1. The summed E-state index contributed by atoms with van der Waals surface area (Å²) in [6, 6.07) is 1.52. The number of nitro groups is 1. The van der Waals surface area contributed by atoms with Gasteiger partial charge < -0.3 is 10.2 Å². The molecule has 6 nitrogen and oxygen atoms in total. The summed E-state index contributed by atoms with van der Waals surface area (Å²) in [6.07, 6.45) is -1.85. The van der Waals surface area contributed by atoms with Gasteiger partial charge in [0.2, 0.25) is 5.91 Å². The van der Waals surface area contributed by atoms with Gasteiger partial charge in [0.15, 0.2) is 0 Å². The van der Waals surface area contributed by atoms with E-state index < -0.39 is 28.4 Å². The van der Waals surface area contributed by atoms with Crippen molar-refractivity contribution in [2.45, 2.75) is 51.4 Å². The zero-order chi connectivity index (χ0) is 18.8. The van der Waals surface area contributed by atoms with Gasteiger partial charge in [-0.05, 0) is 45.2 Å². The summed E-state index contributed by atoms with van der Waals surface area (Å²) in [5.74, 6) is -0.221. The van der Waals surface area contributed by atoms with Crippen molar-refractivity contribution in [1.82, 2.24) is 4.90 Å². The number of piperidine rings is 1. The lowest BCUT2D eigenvalue weighted by atomic mass is 10.0. The average molecular weight is 359 g/mol. The first-order valence-corrected chi connectivity index (χ1v) is 8.04. The third-order valence-electron chi connectivity index (χ3n) is 4.35. The van der Waals surface area contributed by atoms with E-state index in [1.807, 2.05) is 6.92 Å². The van der Waals surface area contributed by atoms with Gasteiger partial charge in [-0.1, -0.05) is 0 Å². The number of anilines is 1. The molecule has 1 aromatic carbocycles. The Morgan fingerprint density at radius 3 is 2.64 bits per heavy atom. The van der Waals surface area contributed by atoms with Crippen molar-refractivity contribution in [2.75, 3.05) is 11.9 Å². The summed E-state index contributed by atoms with van der Waals surface area (Å²) < 4.78 is 38.2. The second-order valence-corrected chi connectivity index (χ2v) is 6.23. The van der Waals surface area contributed by atoms with Gasteiger partial charge in [0.1, 0.15) is 11.7 Å². The molecule has 1 aliphatic heterocycles. The van der Waals surface area contributed by atoms with Crippen LogP contribution in [0.3, 0.4) is 0 Å². The summed E-state index contributed by atoms with van der Waals surface area (Å²) in [5.41, 5.74) is -1.92. The third-order valence-corrected chi connectivity index (χ3v) is 4.35. The average Bonchev–Trinajstić information content (AvgIpc) is 2.53. The number of hydrogen-bond donors (Lipinski definition) is 1. The molecule has 0 radical (unpaired) electrons. The van der Waals surface area contributed by atoms with E-state index in [1.165, 1.54) is 0 Å². The molecular weight excluding hydrogens is 339 g/mol. The minimum absolute atomic E-state index is 0.0769. The molecule has 0 bridgehead atoms. The van der Waals surface area contributed by atoms with Crippen LogP contribution >= 0.6 is 0 Å². The zero-order valence-corrected chi connectivity index (χ0v) is 14.0. The fraction of sp³-hybridized carbons (Fsp3) is 0.562. The van der Waals surface area contributed by atoms with Crippen LogP contribution < -0.4 is 5.32 Å². The summed E-state index contributed by atoms with van der Waals surface area (Å²) in [5, 5.41) is 13.8. The van der Waals surface area contributed by atoms with Crippen LogP contribution in [0.2, 0.25) is 0 Å². The number of rotatable bonds is 4. The standard InChI is InChI=1S/C16H20F3N3O3/c1-10-5-3-4-8-21(10)15(23)11(2)20-13-7-6-12(16(17,18)19)9-14(13)22(24)25/h6-7,9-11,20H,3-5,8H2,1-2H3. The molecule has 2 rings (SSSR count). The van der Waals surface area contributed by atoms with Crippen molar-refractivity contribution in [3.63, 3.8) is 0 Å². The number of alkyl halides is 3. The molecule has 1 saturated heterocycles. The molecule has 0 spiro atoms. The highest BCUT2D eigenvalue weighted by Crippen LogP contribution is 2.35. The number of hydrogen-bond acceptors (Lipinski definition) is 4. The summed E-state index contributed by atoms with van der Waals surface area (Å²) in [7, 11) is 0. The normalized spacial score (nSPS) is 19.4. The van der Waals surface area contributed by atoms with E-state index in [1.54, 1.807) is 11.8 Å². The van der Waals surface area contributed by atoms with E-state index in [9.17, 15) is 28.1 Å². The van der Waals surface area contributed by atoms with Crippen LogP contribution in [0.15, 0.2) is 18.2 Å². The minimum Gasteiger partial charge on any atom is -0.368 e. The van der Waals surface area contributed by atoms with Gasteiger partial charge in [0.25, 0.3) is 5.69 Å². The van der Waals surface area contributed by atoms with Crippen LogP contribution in [0.4, 0.5) is 24.5 Å². The van der Waals surface area contributed by atoms with Gasteiger partial charge in [-0.2, -0.15) is 13.2 Å². The van der Waals surface area contributed by atoms with E-state index >= 15 is 0 Å². The first-order chi connectivity index (χ1) is 11.6. The summed E-state index contributed by atoms with van der Waals surface area (Å²) >= 11 is 0. The Kier molecular flexibility index (Phi) is 5.54. The van der Waals surface area contributed by atoms with Crippen molar-refractivity contribution in [3.05, 3.63) is 33.9 Å². The van der Waals surface area contributed by atoms with E-state index in [2.05, 4.69) is 5.32 Å². The molecule has 1 aromatic rings. The van der Waals surface area contributed by atoms with Crippen LogP contribution in [-0.4, -0.2) is 34.4 Å². The minimum atomic E-state index is -4.67. The lowest BCUT2D eigenvalue weighted by Crippen LogP contribution is -2.48. The Balaban J connectivity index is 2.21. The molecule has 1 heterocycles. The zero-order valence-electron chi connectivity index (χ0n) is 14.0. The summed E-state index contributed by atoms with van der Waals surface area (Å²) in [6.45, 7) is 4.09. The molecule has 1 fully saturated rings. The van der Waals surface area contributed by atoms with Crippen molar-refractivity contribution >= 4 is 17.3 Å². The van der Waals surface area contributed by atoms with Crippen molar-refractivity contribution in [3.8, 4) is 0 Å². The molecule has 138 valence electrons. The van der Waals surface area contributed by atoms with E-state index in [-0.39, 0.29) is 17.6 Å². The van der Waals surface area contributed by atoms with Gasteiger partial charge in [-0.15, -0.1) is 0 Å². The molecule has 0 aromatic heterocycles. The molecule has 0 aliphatic carbocycles. The second kappa shape index (κ2) is 7.28. The second-order valence-electron chi connectivity index (χ2n) is 6.23. The van der Waals surface area contributed by atoms with Gasteiger partial charge in [-0.3, -0.25) is 14.9 Å². The number of benzene rings is 1. The number of nitrogens with one attached hydrogen (secondary N) is 1. The Morgan fingerprint density at radius 2 is 2.08 bits per heavy atom. The molecule has 0 saturated carbocycles. The lowest BCUT2D eigenvalue weighted by molar-refractivity contribution is -0.384. The first kappa shape index (κ1) is 19.0. The predicted octanol–water partition coefficient (Wildman–Crippen LogP) is 3.82. The van der Waals surface area contributed by atoms with Crippen molar-refractivity contribution in [2.24, 2.45) is 0 Å². The monoisotopic (exact) mass is 359 g/mol. The van der Waals surface area contributed by atoms with E-state index in [4.69, 9.17) is 0 Å². The van der Waals surface area contributed by atoms with Crippen LogP contribution in [0.1, 0.15) is 38.7 Å². The SMILES string of the molecule is CC(Nc1ccc(C(F)(F)F)cc1[N+](=O)[O-])C(=O)N1CCCCC1C. The Labute approximate surface area is 143 Å². The summed E-state index contributed by atoms with van der Waals surface area (Å²) in [4.78, 5) is 24.5. The lowest BCUT2D eigenvalue weighted by Gasteiger charge is -2.35. The molecular formula is C16H20F3N3O3. The highest BCUT2D eigenvalue weighted by Gasteiger charge is 2.34. The quantitative estimate of drug-likeness (QED) is 0.655. The maximum Gasteiger partial charge on any atom is 0.416 e. The highest BCUT2D eigenvalue weighted by molar-refractivity contribution is 5.85. The molecule has 1 aliphatic rings. The topological polar surface area (TPSA) is 75.5 Å². The number of carbonyl (C=O) groups excluding carboxylic acids is 1. The van der Waals surface area contributed by atoms with Gasteiger partial charge in [-0.25, -0.2) is 0 Å². The molecule has 9 heteroatoms. The van der Waals surface area contributed by atoms with Crippen LogP contribution in [0, 0.1) is 10.1 Å². The third kappa shape index (κ3) is 4.40. The first-order valence-electron chi connectivity index (χ1n) is 8.04. The van der Waals surface area contributed by atoms with E-state index in [0.29, 0.717) is 12.6 Å². The Bertz CT molecular complexity index is 664. The predicted molar refractivity (Wildman–Crippen MR) is 86.2 cm³/mol. The maximum absolute atomic E-state index is 12.7. The highest BCUT2D eigenvalue weighted by atomic mass is 19.4. The van der Waals surface area contributed by atoms with Crippen LogP contribution in [0.25, 0.3) is 0 Å². The number of amides is 1. The fourth-order valence-corrected chi connectivity index (χ4v) is 2.95. The van der Waals surface area contributed by atoms with Gasteiger partial charge in [0.05, 0.1) is 10.5 Å². The fourth-order valence-electron chi connectivity index (χ4n) is 2.95. The van der Waals surface area contributed by atoms with Crippen LogP contribution in [-0.2, 0) is 11.0 Å².